The van der Waals surface area contributed by atoms with Gasteiger partial charge in [0, 0.05) is 16.8 Å². The number of carbonyl (C=O) groups excluding carboxylic acids is 2. The minimum atomic E-state index is -0.270. The molecule has 0 saturated heterocycles. The summed E-state index contributed by atoms with van der Waals surface area (Å²) in [5.74, 6) is 0.629. The molecular formula is C22H20N2O4. The molecule has 0 radical (unpaired) electrons. The number of nitrogens with one attached hydrogen (secondary N) is 2. The molecule has 3 aromatic rings. The summed E-state index contributed by atoms with van der Waals surface area (Å²) >= 11 is 0. The predicted molar refractivity (Wildman–Crippen MR) is 108 cm³/mol. The molecule has 2 amide bonds. The lowest BCUT2D eigenvalue weighted by Crippen LogP contribution is -2.14. The molecule has 0 heterocycles. The van der Waals surface area contributed by atoms with E-state index in [1.54, 1.807) is 73.8 Å². The van der Waals surface area contributed by atoms with Gasteiger partial charge in [-0.1, -0.05) is 18.2 Å². The van der Waals surface area contributed by atoms with Gasteiger partial charge in [-0.3, -0.25) is 9.59 Å². The molecule has 28 heavy (non-hydrogen) atoms. The second-order valence-corrected chi connectivity index (χ2v) is 5.92. The highest BCUT2D eigenvalue weighted by atomic mass is 16.5. The van der Waals surface area contributed by atoms with Crippen LogP contribution in [-0.4, -0.2) is 26.0 Å². The van der Waals surface area contributed by atoms with Crippen molar-refractivity contribution in [3.8, 4) is 11.5 Å². The summed E-state index contributed by atoms with van der Waals surface area (Å²) in [7, 11) is 3.08. The first-order chi connectivity index (χ1) is 13.6. The number of hydrogen-bond acceptors (Lipinski definition) is 4. The van der Waals surface area contributed by atoms with Crippen LogP contribution in [0, 0.1) is 0 Å². The molecule has 142 valence electrons. The lowest BCUT2D eigenvalue weighted by molar-refractivity contribution is 0.101. The topological polar surface area (TPSA) is 76.7 Å². The fraction of sp³-hybridized carbons (Fsp3) is 0.0909. The zero-order valence-corrected chi connectivity index (χ0v) is 15.6. The van der Waals surface area contributed by atoms with E-state index in [1.165, 1.54) is 7.11 Å². The standard InChI is InChI=1S/C22H20N2O4/c1-27-18-11-8-16(9-12-18)21(25)23-17-10-13-20(28-2)19(14-17)24-22(26)15-6-4-3-5-7-15/h3-14H,1-2H3,(H,23,25)(H,24,26). The third-order valence-electron chi connectivity index (χ3n) is 4.09. The van der Waals surface area contributed by atoms with Crippen molar-refractivity contribution < 1.29 is 19.1 Å². The summed E-state index contributed by atoms with van der Waals surface area (Å²) < 4.78 is 10.4. The number of hydrogen-bond donors (Lipinski definition) is 2. The minimum Gasteiger partial charge on any atom is -0.497 e. The molecular weight excluding hydrogens is 356 g/mol. The van der Waals surface area contributed by atoms with Crippen LogP contribution in [-0.2, 0) is 0 Å². The van der Waals surface area contributed by atoms with Gasteiger partial charge in [-0.25, -0.2) is 0 Å². The van der Waals surface area contributed by atoms with Crippen LogP contribution < -0.4 is 20.1 Å². The maximum Gasteiger partial charge on any atom is 0.255 e. The number of rotatable bonds is 6. The van der Waals surface area contributed by atoms with Crippen molar-refractivity contribution >= 4 is 23.2 Å². The summed E-state index contributed by atoms with van der Waals surface area (Å²) in [6.45, 7) is 0. The second-order valence-electron chi connectivity index (χ2n) is 5.92. The number of amides is 2. The number of carbonyl (C=O) groups is 2. The van der Waals surface area contributed by atoms with E-state index in [2.05, 4.69) is 10.6 Å². The Kier molecular flexibility index (Phi) is 5.91. The molecule has 2 N–H and O–H groups in total. The van der Waals surface area contributed by atoms with Crippen molar-refractivity contribution in [2.75, 3.05) is 24.9 Å². The number of anilines is 2. The van der Waals surface area contributed by atoms with E-state index in [-0.39, 0.29) is 11.8 Å². The predicted octanol–water partition coefficient (Wildman–Crippen LogP) is 4.21. The van der Waals surface area contributed by atoms with Crippen molar-refractivity contribution in [2.45, 2.75) is 0 Å². The van der Waals surface area contributed by atoms with Crippen LogP contribution in [0.3, 0.4) is 0 Å². The van der Waals surface area contributed by atoms with Crippen molar-refractivity contribution in [1.29, 1.82) is 0 Å². The fourth-order valence-electron chi connectivity index (χ4n) is 2.61. The van der Waals surface area contributed by atoms with Crippen molar-refractivity contribution in [1.82, 2.24) is 0 Å². The number of benzene rings is 3. The van der Waals surface area contributed by atoms with Crippen molar-refractivity contribution in [3.05, 3.63) is 83.9 Å². The molecule has 0 atom stereocenters. The van der Waals surface area contributed by atoms with Gasteiger partial charge in [-0.2, -0.15) is 0 Å². The maximum atomic E-state index is 12.5. The molecule has 6 heteroatoms. The first-order valence-corrected chi connectivity index (χ1v) is 8.60. The Labute approximate surface area is 163 Å². The number of methoxy groups -OCH3 is 2. The SMILES string of the molecule is COc1ccc(C(=O)Nc2ccc(OC)c(NC(=O)c3ccccc3)c2)cc1. The lowest BCUT2D eigenvalue weighted by atomic mass is 10.1. The molecule has 0 aliphatic carbocycles. The Balaban J connectivity index is 1.78. The van der Waals surface area contributed by atoms with E-state index in [4.69, 9.17) is 9.47 Å². The van der Waals surface area contributed by atoms with E-state index >= 15 is 0 Å². The highest BCUT2D eigenvalue weighted by Gasteiger charge is 2.12. The van der Waals surface area contributed by atoms with Crippen LogP contribution in [0.2, 0.25) is 0 Å². The molecule has 0 aromatic heterocycles. The molecule has 3 aromatic carbocycles. The zero-order chi connectivity index (χ0) is 19.9. The summed E-state index contributed by atoms with van der Waals surface area (Å²) in [6.07, 6.45) is 0. The Morgan fingerprint density at radius 1 is 0.714 bits per heavy atom. The van der Waals surface area contributed by atoms with Gasteiger partial charge in [0.2, 0.25) is 0 Å². The van der Waals surface area contributed by atoms with E-state index in [9.17, 15) is 9.59 Å². The van der Waals surface area contributed by atoms with Crippen LogP contribution in [0.1, 0.15) is 20.7 Å². The molecule has 0 spiro atoms. The third kappa shape index (κ3) is 4.48. The minimum absolute atomic E-state index is 0.266. The smallest absolute Gasteiger partial charge is 0.255 e. The van der Waals surface area contributed by atoms with Crippen LogP contribution >= 0.6 is 0 Å². The van der Waals surface area contributed by atoms with E-state index in [0.29, 0.717) is 34.0 Å². The average Bonchev–Trinajstić information content (AvgIpc) is 2.74. The summed E-state index contributed by atoms with van der Waals surface area (Å²) in [4.78, 5) is 24.9. The van der Waals surface area contributed by atoms with Crippen molar-refractivity contribution in [3.63, 3.8) is 0 Å². The maximum absolute atomic E-state index is 12.5. The van der Waals surface area contributed by atoms with Gasteiger partial charge in [0.1, 0.15) is 11.5 Å². The Hall–Kier alpha value is -3.80. The molecule has 3 rings (SSSR count). The lowest BCUT2D eigenvalue weighted by Gasteiger charge is -2.13. The van der Waals surface area contributed by atoms with Crippen molar-refractivity contribution in [2.24, 2.45) is 0 Å². The Morgan fingerprint density at radius 3 is 2.00 bits per heavy atom. The molecule has 0 unspecified atom stereocenters. The molecule has 0 fully saturated rings. The average molecular weight is 376 g/mol. The molecule has 0 aliphatic heterocycles. The van der Waals surface area contributed by atoms with E-state index in [1.807, 2.05) is 6.07 Å². The highest BCUT2D eigenvalue weighted by molar-refractivity contribution is 6.07. The normalized spacial score (nSPS) is 10.1. The molecule has 0 aliphatic rings. The summed E-state index contributed by atoms with van der Waals surface area (Å²) in [5.41, 5.74) is 2.01. The molecule has 0 bridgehead atoms. The van der Waals surface area contributed by atoms with Gasteiger partial charge in [0.15, 0.2) is 0 Å². The number of ether oxygens (including phenoxy) is 2. The van der Waals surface area contributed by atoms with Crippen LogP contribution in [0.25, 0.3) is 0 Å². The summed E-state index contributed by atoms with van der Waals surface area (Å²) in [5, 5.41) is 5.63. The second kappa shape index (κ2) is 8.73. The Bertz CT molecular complexity index is 970. The van der Waals surface area contributed by atoms with Gasteiger partial charge in [-0.05, 0) is 54.6 Å². The molecule has 6 nitrogen and oxygen atoms in total. The molecule has 0 saturated carbocycles. The Morgan fingerprint density at radius 2 is 1.36 bits per heavy atom. The van der Waals surface area contributed by atoms with E-state index < -0.39 is 0 Å². The fourth-order valence-corrected chi connectivity index (χ4v) is 2.61. The monoisotopic (exact) mass is 376 g/mol. The third-order valence-corrected chi connectivity index (χ3v) is 4.09. The van der Waals surface area contributed by atoms with Crippen LogP contribution in [0.15, 0.2) is 72.8 Å². The van der Waals surface area contributed by atoms with Gasteiger partial charge in [0.05, 0.1) is 19.9 Å². The van der Waals surface area contributed by atoms with Gasteiger partial charge in [0.25, 0.3) is 11.8 Å². The van der Waals surface area contributed by atoms with Gasteiger partial charge < -0.3 is 20.1 Å². The first-order valence-electron chi connectivity index (χ1n) is 8.60. The summed E-state index contributed by atoms with van der Waals surface area (Å²) in [6, 6.07) is 20.7. The van der Waals surface area contributed by atoms with E-state index in [0.717, 1.165) is 0 Å². The zero-order valence-electron chi connectivity index (χ0n) is 15.6. The first kappa shape index (κ1) is 19.0. The van der Waals surface area contributed by atoms with Crippen LogP contribution in [0.5, 0.6) is 11.5 Å². The largest absolute Gasteiger partial charge is 0.497 e. The van der Waals surface area contributed by atoms with Gasteiger partial charge in [-0.15, -0.1) is 0 Å². The highest BCUT2D eigenvalue weighted by Crippen LogP contribution is 2.28. The van der Waals surface area contributed by atoms with Crippen LogP contribution in [0.4, 0.5) is 11.4 Å². The van der Waals surface area contributed by atoms with Gasteiger partial charge >= 0.3 is 0 Å². The quantitative estimate of drug-likeness (QED) is 0.676.